The molecule has 5 aromatic rings. The Morgan fingerprint density at radius 2 is 1.42 bits per heavy atom. The monoisotopic (exact) mass is 374 g/mol. The van der Waals surface area contributed by atoms with Gasteiger partial charge in [-0.15, -0.1) is 0 Å². The predicted octanol–water partition coefficient (Wildman–Crippen LogP) is 5.70. The number of rotatable bonds is 4. The molecule has 0 radical (unpaired) electrons. The number of benzene rings is 3. The van der Waals surface area contributed by atoms with Crippen molar-refractivity contribution >= 4 is 43.7 Å². The van der Waals surface area contributed by atoms with E-state index in [0.717, 1.165) is 38.1 Å². The molecule has 0 fully saturated rings. The zero-order chi connectivity index (χ0) is 17.3. The van der Waals surface area contributed by atoms with Crippen LogP contribution in [-0.2, 0) is 0 Å². The first-order chi connectivity index (χ1) is 12.9. The van der Waals surface area contributed by atoms with Crippen LogP contribution in [-0.4, -0.2) is 19.5 Å². The SMILES string of the molecule is c1ccc(-n2c(SSc3nc4ccccc4[nH]3)nc3ccccc32)cc1. The van der Waals surface area contributed by atoms with Gasteiger partial charge in [-0.05, 0) is 58.0 Å². The van der Waals surface area contributed by atoms with Crippen molar-refractivity contribution in [1.82, 2.24) is 19.5 Å². The maximum Gasteiger partial charge on any atom is 0.184 e. The largest absolute Gasteiger partial charge is 0.332 e. The first-order valence-corrected chi connectivity index (χ1v) is 10.4. The summed E-state index contributed by atoms with van der Waals surface area (Å²) in [6.07, 6.45) is 0. The molecule has 0 spiro atoms. The second-order valence-corrected chi connectivity index (χ2v) is 7.87. The van der Waals surface area contributed by atoms with E-state index in [-0.39, 0.29) is 0 Å². The molecule has 0 saturated carbocycles. The van der Waals surface area contributed by atoms with Crippen molar-refractivity contribution in [3.63, 3.8) is 0 Å². The highest BCUT2D eigenvalue weighted by Crippen LogP contribution is 2.38. The number of para-hydroxylation sites is 5. The van der Waals surface area contributed by atoms with Gasteiger partial charge in [0.15, 0.2) is 10.3 Å². The maximum atomic E-state index is 4.82. The van der Waals surface area contributed by atoms with Crippen LogP contribution in [0.3, 0.4) is 0 Å². The Kier molecular flexibility index (Phi) is 3.92. The molecular formula is C20H14N4S2. The second-order valence-electron chi connectivity index (χ2n) is 5.78. The molecule has 0 saturated heterocycles. The number of hydrogen-bond donors (Lipinski definition) is 1. The third kappa shape index (κ3) is 2.77. The summed E-state index contributed by atoms with van der Waals surface area (Å²) in [6, 6.07) is 26.6. The molecule has 0 unspecified atom stereocenters. The molecule has 0 aliphatic carbocycles. The van der Waals surface area contributed by atoms with Crippen LogP contribution >= 0.6 is 21.6 Å². The average molecular weight is 374 g/mol. The quantitative estimate of drug-likeness (QED) is 0.410. The van der Waals surface area contributed by atoms with Crippen LogP contribution in [0.2, 0.25) is 0 Å². The van der Waals surface area contributed by atoms with Crippen LogP contribution in [0.15, 0.2) is 89.2 Å². The van der Waals surface area contributed by atoms with Gasteiger partial charge in [-0.25, -0.2) is 9.97 Å². The molecule has 0 bridgehead atoms. The molecule has 4 nitrogen and oxygen atoms in total. The Hall–Kier alpha value is -2.70. The molecule has 2 heterocycles. The van der Waals surface area contributed by atoms with E-state index in [9.17, 15) is 0 Å². The summed E-state index contributed by atoms with van der Waals surface area (Å²) in [5.74, 6) is 0. The summed E-state index contributed by atoms with van der Waals surface area (Å²) in [7, 11) is 3.20. The van der Waals surface area contributed by atoms with Crippen molar-refractivity contribution in [2.24, 2.45) is 0 Å². The van der Waals surface area contributed by atoms with Crippen molar-refractivity contribution in [3.05, 3.63) is 78.9 Å². The number of nitrogens with one attached hydrogen (secondary N) is 1. The zero-order valence-electron chi connectivity index (χ0n) is 13.7. The molecule has 0 atom stereocenters. The minimum atomic E-state index is 0.878. The molecule has 0 aliphatic rings. The molecule has 2 aromatic heterocycles. The normalized spacial score (nSPS) is 11.4. The standard InChI is InChI=1S/C20H14N4S2/c1-2-8-14(9-3-1)24-18-13-7-6-12-17(18)23-20(24)26-25-19-21-15-10-4-5-11-16(15)22-19/h1-13H,(H,21,22). The van der Waals surface area contributed by atoms with Gasteiger partial charge in [-0.3, -0.25) is 4.57 Å². The first kappa shape index (κ1) is 15.5. The molecule has 5 rings (SSSR count). The number of imidazole rings is 2. The topological polar surface area (TPSA) is 46.5 Å². The second kappa shape index (κ2) is 6.55. The zero-order valence-corrected chi connectivity index (χ0v) is 15.3. The summed E-state index contributed by atoms with van der Waals surface area (Å²) < 4.78 is 2.19. The highest BCUT2D eigenvalue weighted by molar-refractivity contribution is 8.76. The number of fused-ring (bicyclic) bond motifs is 2. The molecule has 1 N–H and O–H groups in total. The lowest BCUT2D eigenvalue weighted by molar-refractivity contribution is 0.924. The number of aromatic nitrogens is 4. The van der Waals surface area contributed by atoms with Gasteiger partial charge in [0.1, 0.15) is 0 Å². The van der Waals surface area contributed by atoms with Gasteiger partial charge in [-0.2, -0.15) is 0 Å². The summed E-state index contributed by atoms with van der Waals surface area (Å²) in [4.78, 5) is 12.8. The van der Waals surface area contributed by atoms with Gasteiger partial charge in [0, 0.05) is 5.69 Å². The van der Waals surface area contributed by atoms with Crippen molar-refractivity contribution in [1.29, 1.82) is 0 Å². The fraction of sp³-hybridized carbons (Fsp3) is 0. The van der Waals surface area contributed by atoms with Crippen molar-refractivity contribution in [2.45, 2.75) is 10.3 Å². The molecular weight excluding hydrogens is 360 g/mol. The Morgan fingerprint density at radius 1 is 0.692 bits per heavy atom. The van der Waals surface area contributed by atoms with Gasteiger partial charge >= 0.3 is 0 Å². The molecule has 126 valence electrons. The average Bonchev–Trinajstić information content (AvgIpc) is 3.27. The van der Waals surface area contributed by atoms with Crippen molar-refractivity contribution in [2.75, 3.05) is 0 Å². The lowest BCUT2D eigenvalue weighted by Crippen LogP contribution is -1.94. The van der Waals surface area contributed by atoms with E-state index >= 15 is 0 Å². The number of aromatic amines is 1. The summed E-state index contributed by atoms with van der Waals surface area (Å²) in [5, 5.41) is 1.81. The molecule has 0 amide bonds. The molecule has 0 aliphatic heterocycles. The Bertz CT molecular complexity index is 1160. The Balaban J connectivity index is 1.54. The fourth-order valence-corrected chi connectivity index (χ4v) is 4.82. The van der Waals surface area contributed by atoms with Crippen LogP contribution in [0.1, 0.15) is 0 Å². The van der Waals surface area contributed by atoms with Crippen LogP contribution in [0.4, 0.5) is 0 Å². The van der Waals surface area contributed by atoms with E-state index in [2.05, 4.69) is 32.7 Å². The van der Waals surface area contributed by atoms with Crippen molar-refractivity contribution in [3.8, 4) is 5.69 Å². The Morgan fingerprint density at radius 3 is 2.27 bits per heavy atom. The third-order valence-electron chi connectivity index (χ3n) is 4.11. The van der Waals surface area contributed by atoms with E-state index < -0.39 is 0 Å². The van der Waals surface area contributed by atoms with Crippen LogP contribution < -0.4 is 0 Å². The Labute approximate surface area is 158 Å². The van der Waals surface area contributed by atoms with Gasteiger partial charge in [0.25, 0.3) is 0 Å². The highest BCUT2D eigenvalue weighted by Gasteiger charge is 2.14. The fourth-order valence-electron chi connectivity index (χ4n) is 2.93. The predicted molar refractivity (Wildman–Crippen MR) is 109 cm³/mol. The lowest BCUT2D eigenvalue weighted by atomic mass is 10.3. The number of nitrogens with zero attached hydrogens (tertiary/aromatic N) is 3. The van der Waals surface area contributed by atoms with Crippen LogP contribution in [0, 0.1) is 0 Å². The van der Waals surface area contributed by atoms with E-state index in [4.69, 9.17) is 4.98 Å². The van der Waals surface area contributed by atoms with E-state index in [0.29, 0.717) is 0 Å². The third-order valence-corrected chi connectivity index (χ3v) is 6.14. The summed E-state index contributed by atoms with van der Waals surface area (Å²) >= 11 is 0. The lowest BCUT2D eigenvalue weighted by Gasteiger charge is -2.07. The van der Waals surface area contributed by atoms with E-state index in [1.165, 1.54) is 0 Å². The van der Waals surface area contributed by atoms with Gasteiger partial charge in [-0.1, -0.05) is 42.5 Å². The van der Waals surface area contributed by atoms with E-state index in [1.807, 2.05) is 60.7 Å². The maximum absolute atomic E-state index is 4.82. The van der Waals surface area contributed by atoms with Gasteiger partial charge in [0.2, 0.25) is 0 Å². The minimum absolute atomic E-state index is 0.878. The minimum Gasteiger partial charge on any atom is -0.332 e. The molecule has 26 heavy (non-hydrogen) atoms. The van der Waals surface area contributed by atoms with Gasteiger partial charge < -0.3 is 4.98 Å². The number of hydrogen-bond acceptors (Lipinski definition) is 4. The summed E-state index contributed by atoms with van der Waals surface area (Å²) in [5.41, 5.74) is 5.23. The van der Waals surface area contributed by atoms with Crippen LogP contribution in [0.25, 0.3) is 27.8 Å². The van der Waals surface area contributed by atoms with E-state index in [1.54, 1.807) is 21.6 Å². The summed E-state index contributed by atoms with van der Waals surface area (Å²) in [6.45, 7) is 0. The van der Waals surface area contributed by atoms with Crippen LogP contribution in [0.5, 0.6) is 0 Å². The first-order valence-electron chi connectivity index (χ1n) is 8.21. The van der Waals surface area contributed by atoms with Gasteiger partial charge in [0.05, 0.1) is 22.1 Å². The smallest absolute Gasteiger partial charge is 0.184 e. The molecule has 6 heteroatoms. The highest BCUT2D eigenvalue weighted by atomic mass is 33.1. The number of H-pyrrole nitrogens is 1. The van der Waals surface area contributed by atoms with Crippen molar-refractivity contribution < 1.29 is 0 Å². The molecule has 3 aromatic carbocycles.